The van der Waals surface area contributed by atoms with Gasteiger partial charge in [0.15, 0.2) is 0 Å². The maximum Gasteiger partial charge on any atom is 0.408 e. The van der Waals surface area contributed by atoms with Gasteiger partial charge in [-0.25, -0.2) is 9.78 Å². The molecular weight excluding hydrogens is 274 g/mol. The highest BCUT2D eigenvalue weighted by atomic mass is 16.6. The molecule has 0 aliphatic carbocycles. The first kappa shape index (κ1) is 15.1. The largest absolute Gasteiger partial charge is 0.481 e. The Balaban J connectivity index is 2.09. The molecule has 2 rings (SSSR count). The van der Waals surface area contributed by atoms with Gasteiger partial charge < -0.3 is 20.1 Å². The predicted molar refractivity (Wildman–Crippen MR) is 76.3 cm³/mol. The van der Waals surface area contributed by atoms with Crippen LogP contribution in [0.5, 0.6) is 5.88 Å². The molecule has 1 unspecified atom stereocenters. The normalized spacial score (nSPS) is 17.5. The first-order valence-corrected chi connectivity index (χ1v) is 6.63. The second-order valence-electron chi connectivity index (χ2n) is 5.74. The molecule has 2 N–H and O–H groups in total. The fourth-order valence-electron chi connectivity index (χ4n) is 1.94. The van der Waals surface area contributed by atoms with E-state index in [1.807, 2.05) is 0 Å². The van der Waals surface area contributed by atoms with E-state index in [1.165, 1.54) is 7.11 Å². The van der Waals surface area contributed by atoms with Crippen molar-refractivity contribution in [2.24, 2.45) is 0 Å². The van der Waals surface area contributed by atoms with Crippen molar-refractivity contribution < 1.29 is 19.1 Å². The number of ether oxygens (including phenoxy) is 2. The second kappa shape index (κ2) is 5.59. The number of hydrogen-bond donors (Lipinski definition) is 2. The minimum Gasteiger partial charge on any atom is -0.481 e. The molecule has 2 amide bonds. The summed E-state index contributed by atoms with van der Waals surface area (Å²) in [5.41, 5.74) is 0.673. The standard InChI is InChI=1S/C14H19N3O4/c1-14(2,3)21-13(19)17-10-7-9-8(16-12(10)18)5-6-11(15-9)20-4/h5-6,10H,7H2,1-4H3,(H,16,18)(H,17,19). The van der Waals surface area contributed by atoms with Crippen LogP contribution in [0.1, 0.15) is 26.5 Å². The van der Waals surface area contributed by atoms with Gasteiger partial charge in [0.1, 0.15) is 11.6 Å². The summed E-state index contributed by atoms with van der Waals surface area (Å²) in [6.45, 7) is 5.28. The average Bonchev–Trinajstić information content (AvgIpc) is 2.37. The summed E-state index contributed by atoms with van der Waals surface area (Å²) in [7, 11) is 1.52. The molecule has 0 saturated carbocycles. The zero-order chi connectivity index (χ0) is 15.6. The van der Waals surface area contributed by atoms with Crippen molar-refractivity contribution in [1.29, 1.82) is 0 Å². The van der Waals surface area contributed by atoms with Gasteiger partial charge in [0, 0.05) is 12.5 Å². The number of pyridine rings is 1. The zero-order valence-electron chi connectivity index (χ0n) is 12.5. The molecule has 1 aliphatic rings. The van der Waals surface area contributed by atoms with Crippen LogP contribution in [-0.4, -0.2) is 35.7 Å². The molecule has 0 spiro atoms. The molecular formula is C14H19N3O4. The lowest BCUT2D eigenvalue weighted by molar-refractivity contribution is -0.118. The van der Waals surface area contributed by atoms with Crippen molar-refractivity contribution in [3.63, 3.8) is 0 Å². The molecule has 0 fully saturated rings. The van der Waals surface area contributed by atoms with Crippen LogP contribution in [-0.2, 0) is 16.0 Å². The topological polar surface area (TPSA) is 89.6 Å². The van der Waals surface area contributed by atoms with Gasteiger partial charge in [-0.1, -0.05) is 0 Å². The molecule has 114 valence electrons. The Labute approximate surface area is 123 Å². The number of carbonyl (C=O) groups is 2. The highest BCUT2D eigenvalue weighted by Gasteiger charge is 2.30. The molecule has 7 nitrogen and oxygen atoms in total. The van der Waals surface area contributed by atoms with Crippen molar-refractivity contribution in [2.75, 3.05) is 12.4 Å². The molecule has 0 aromatic carbocycles. The molecule has 1 aliphatic heterocycles. The number of rotatable bonds is 2. The van der Waals surface area contributed by atoms with Crippen LogP contribution in [0.25, 0.3) is 0 Å². The highest BCUT2D eigenvalue weighted by molar-refractivity contribution is 5.99. The molecule has 7 heteroatoms. The van der Waals surface area contributed by atoms with E-state index < -0.39 is 17.7 Å². The van der Waals surface area contributed by atoms with Crippen LogP contribution in [0.3, 0.4) is 0 Å². The predicted octanol–water partition coefficient (Wildman–Crippen LogP) is 1.48. The monoisotopic (exact) mass is 293 g/mol. The Hall–Kier alpha value is -2.31. The van der Waals surface area contributed by atoms with E-state index in [-0.39, 0.29) is 12.3 Å². The third kappa shape index (κ3) is 3.84. The van der Waals surface area contributed by atoms with Crippen molar-refractivity contribution in [3.05, 3.63) is 17.8 Å². The summed E-state index contributed by atoms with van der Waals surface area (Å²) in [4.78, 5) is 28.0. The first-order valence-electron chi connectivity index (χ1n) is 6.63. The summed E-state index contributed by atoms with van der Waals surface area (Å²) in [5, 5.41) is 5.25. The number of methoxy groups -OCH3 is 1. The summed E-state index contributed by atoms with van der Waals surface area (Å²) in [5.74, 6) is 0.168. The Morgan fingerprint density at radius 2 is 2.14 bits per heavy atom. The van der Waals surface area contributed by atoms with Crippen LogP contribution in [0, 0.1) is 0 Å². The zero-order valence-corrected chi connectivity index (χ0v) is 12.5. The lowest BCUT2D eigenvalue weighted by Crippen LogP contribution is -2.49. The molecule has 0 saturated heterocycles. The van der Waals surface area contributed by atoms with Gasteiger partial charge in [0.25, 0.3) is 0 Å². The molecule has 1 aromatic heterocycles. The van der Waals surface area contributed by atoms with Gasteiger partial charge in [0.2, 0.25) is 11.8 Å². The number of carbonyl (C=O) groups excluding carboxylic acids is 2. The SMILES string of the molecule is COc1ccc2c(n1)CC(NC(=O)OC(C)(C)C)C(=O)N2. The van der Waals surface area contributed by atoms with E-state index in [2.05, 4.69) is 15.6 Å². The van der Waals surface area contributed by atoms with Crippen LogP contribution in [0.4, 0.5) is 10.5 Å². The van der Waals surface area contributed by atoms with Gasteiger partial charge in [-0.05, 0) is 26.8 Å². The highest BCUT2D eigenvalue weighted by Crippen LogP contribution is 2.23. The van der Waals surface area contributed by atoms with E-state index >= 15 is 0 Å². The number of amides is 2. The van der Waals surface area contributed by atoms with Crippen LogP contribution in [0.2, 0.25) is 0 Å². The second-order valence-corrected chi connectivity index (χ2v) is 5.74. The summed E-state index contributed by atoms with van der Waals surface area (Å²) < 4.78 is 10.2. The minimum absolute atomic E-state index is 0.289. The fourth-order valence-corrected chi connectivity index (χ4v) is 1.94. The quantitative estimate of drug-likeness (QED) is 0.862. The van der Waals surface area contributed by atoms with Gasteiger partial charge in [-0.2, -0.15) is 0 Å². The van der Waals surface area contributed by atoms with Crippen LogP contribution >= 0.6 is 0 Å². The van der Waals surface area contributed by atoms with Gasteiger partial charge >= 0.3 is 6.09 Å². The van der Waals surface area contributed by atoms with E-state index in [0.29, 0.717) is 17.3 Å². The lowest BCUT2D eigenvalue weighted by Gasteiger charge is -2.26. The van der Waals surface area contributed by atoms with Gasteiger partial charge in [-0.15, -0.1) is 0 Å². The van der Waals surface area contributed by atoms with Crippen LogP contribution < -0.4 is 15.4 Å². The fraction of sp³-hybridized carbons (Fsp3) is 0.500. The van der Waals surface area contributed by atoms with Crippen molar-refractivity contribution in [3.8, 4) is 5.88 Å². The average molecular weight is 293 g/mol. The third-order valence-electron chi connectivity index (χ3n) is 2.82. The summed E-state index contributed by atoms with van der Waals surface area (Å²) >= 11 is 0. The van der Waals surface area contributed by atoms with Gasteiger partial charge in [-0.3, -0.25) is 4.79 Å². The number of aromatic nitrogens is 1. The third-order valence-corrected chi connectivity index (χ3v) is 2.82. The smallest absolute Gasteiger partial charge is 0.408 e. The molecule has 1 atom stereocenters. The molecule has 1 aromatic rings. The molecule has 0 radical (unpaired) electrons. The maximum absolute atomic E-state index is 12.0. The van der Waals surface area contributed by atoms with Crippen molar-refractivity contribution in [2.45, 2.75) is 38.8 Å². The van der Waals surface area contributed by atoms with Crippen LogP contribution in [0.15, 0.2) is 12.1 Å². The first-order chi connectivity index (χ1) is 9.78. The van der Waals surface area contributed by atoms with E-state index in [1.54, 1.807) is 32.9 Å². The number of alkyl carbamates (subject to hydrolysis) is 1. The van der Waals surface area contributed by atoms with E-state index in [9.17, 15) is 9.59 Å². The summed E-state index contributed by atoms with van der Waals surface area (Å²) in [6.07, 6.45) is -0.341. The molecule has 0 bridgehead atoms. The maximum atomic E-state index is 12.0. The molecule has 21 heavy (non-hydrogen) atoms. The van der Waals surface area contributed by atoms with Crippen molar-refractivity contribution in [1.82, 2.24) is 10.3 Å². The van der Waals surface area contributed by atoms with E-state index in [4.69, 9.17) is 9.47 Å². The Bertz CT molecular complexity index is 566. The number of hydrogen-bond acceptors (Lipinski definition) is 5. The lowest BCUT2D eigenvalue weighted by atomic mass is 10.0. The Morgan fingerprint density at radius 1 is 1.43 bits per heavy atom. The summed E-state index contributed by atoms with van der Waals surface area (Å²) in [6, 6.07) is 2.68. The number of nitrogens with zero attached hydrogens (tertiary/aromatic N) is 1. The van der Waals surface area contributed by atoms with Crippen molar-refractivity contribution >= 4 is 17.7 Å². The number of anilines is 1. The van der Waals surface area contributed by atoms with E-state index in [0.717, 1.165) is 0 Å². The Morgan fingerprint density at radius 3 is 2.76 bits per heavy atom. The Kier molecular flexibility index (Phi) is 4.02. The minimum atomic E-state index is -0.716. The number of fused-ring (bicyclic) bond motifs is 1. The van der Waals surface area contributed by atoms with Gasteiger partial charge in [0.05, 0.1) is 18.5 Å². The molecule has 2 heterocycles. The number of nitrogens with one attached hydrogen (secondary N) is 2.